The Kier molecular flexibility index (Phi) is 5.10. The number of carboxylic acids is 1. The molecule has 1 saturated heterocycles. The molecule has 0 spiro atoms. The van der Waals surface area contributed by atoms with Crippen LogP contribution in [0.15, 0.2) is 48.5 Å². The molecule has 1 heterocycles. The zero-order chi connectivity index (χ0) is 16.2. The van der Waals surface area contributed by atoms with E-state index in [0.29, 0.717) is 17.4 Å². The van der Waals surface area contributed by atoms with E-state index in [2.05, 4.69) is 0 Å². The van der Waals surface area contributed by atoms with Gasteiger partial charge >= 0.3 is 0 Å². The van der Waals surface area contributed by atoms with E-state index in [1.54, 1.807) is 11.8 Å². The number of carboxylic acid groups (broad SMARTS) is 1. The first kappa shape index (κ1) is 16.2. The first-order valence-corrected chi connectivity index (χ1v) is 8.70. The molecule has 6 heteroatoms. The van der Waals surface area contributed by atoms with Crippen molar-refractivity contribution >= 4 is 29.3 Å². The number of carbonyl (C=O) groups is 1. The van der Waals surface area contributed by atoms with Crippen LogP contribution in [-0.2, 0) is 11.4 Å². The topological polar surface area (TPSA) is 66.0 Å². The lowest BCUT2D eigenvalue weighted by molar-refractivity contribution is -0.690. The molecule has 0 bridgehead atoms. The molecule has 1 aliphatic rings. The highest BCUT2D eigenvalue weighted by molar-refractivity contribution is 7.99. The fourth-order valence-electron chi connectivity index (χ4n) is 2.41. The maximum absolute atomic E-state index is 10.9. The zero-order valence-corrected chi connectivity index (χ0v) is 13.8. The molecule has 0 amide bonds. The van der Waals surface area contributed by atoms with Gasteiger partial charge in [0.2, 0.25) is 0 Å². The van der Waals surface area contributed by atoms with E-state index in [4.69, 9.17) is 16.3 Å². The Morgan fingerprint density at radius 2 is 2.00 bits per heavy atom. The Morgan fingerprint density at radius 1 is 1.26 bits per heavy atom. The molecule has 2 atom stereocenters. The van der Waals surface area contributed by atoms with Crippen LogP contribution in [0.3, 0.4) is 0 Å². The molecule has 4 nitrogen and oxygen atoms in total. The molecule has 1 fully saturated rings. The quantitative estimate of drug-likeness (QED) is 0.884. The monoisotopic (exact) mass is 349 g/mol. The molecule has 2 aromatic rings. The minimum Gasteiger partial charge on any atom is -0.544 e. The predicted octanol–water partition coefficient (Wildman–Crippen LogP) is 1.35. The predicted molar refractivity (Wildman–Crippen MR) is 88.1 cm³/mol. The Morgan fingerprint density at radius 3 is 2.65 bits per heavy atom. The average Bonchev–Trinajstić information content (AvgIpc) is 3.05. The molecule has 3 rings (SSSR count). The lowest BCUT2D eigenvalue weighted by Gasteiger charge is -2.12. The van der Waals surface area contributed by atoms with Crippen LogP contribution in [0.5, 0.6) is 5.75 Å². The van der Waals surface area contributed by atoms with E-state index >= 15 is 0 Å². The Labute approximate surface area is 143 Å². The number of rotatable bonds is 5. The second kappa shape index (κ2) is 7.25. The summed E-state index contributed by atoms with van der Waals surface area (Å²) in [6.07, 6.45) is 0. The van der Waals surface area contributed by atoms with Gasteiger partial charge in [-0.3, -0.25) is 0 Å². The number of halogens is 1. The number of nitrogens with two attached hydrogens (primary N) is 1. The molecule has 2 N–H and O–H groups in total. The smallest absolute Gasteiger partial charge is 0.159 e. The van der Waals surface area contributed by atoms with Crippen LogP contribution in [0.2, 0.25) is 5.02 Å². The average molecular weight is 350 g/mol. The summed E-state index contributed by atoms with van der Waals surface area (Å²) < 4.78 is 5.74. The number of aliphatic carboxylic acids is 1. The van der Waals surface area contributed by atoms with E-state index in [9.17, 15) is 9.90 Å². The van der Waals surface area contributed by atoms with Gasteiger partial charge in [-0.25, -0.2) is 0 Å². The summed E-state index contributed by atoms with van der Waals surface area (Å²) in [5.74, 6) is 0.324. The van der Waals surface area contributed by atoms with Crippen LogP contribution in [0, 0.1) is 0 Å². The third-order valence-electron chi connectivity index (χ3n) is 3.73. The van der Waals surface area contributed by atoms with Crippen LogP contribution >= 0.6 is 23.4 Å². The second-order valence-electron chi connectivity index (χ2n) is 5.32. The van der Waals surface area contributed by atoms with Gasteiger partial charge in [0.1, 0.15) is 24.4 Å². The highest BCUT2D eigenvalue weighted by Gasteiger charge is 2.30. The summed E-state index contributed by atoms with van der Waals surface area (Å²) in [7, 11) is 0. The van der Waals surface area contributed by atoms with E-state index in [1.807, 2.05) is 53.8 Å². The van der Waals surface area contributed by atoms with Gasteiger partial charge in [0.15, 0.2) is 5.37 Å². The number of hydrogen-bond donors (Lipinski definition) is 1. The van der Waals surface area contributed by atoms with E-state index in [0.717, 1.165) is 16.9 Å². The lowest BCUT2D eigenvalue weighted by atomic mass is 10.2. The van der Waals surface area contributed by atoms with Crippen LogP contribution in [0.4, 0.5) is 0 Å². The van der Waals surface area contributed by atoms with Crippen LogP contribution in [0.1, 0.15) is 16.5 Å². The van der Waals surface area contributed by atoms with Gasteiger partial charge in [-0.15, -0.1) is 0 Å². The summed E-state index contributed by atoms with van der Waals surface area (Å²) >= 11 is 7.72. The minimum absolute atomic E-state index is 0.0931. The van der Waals surface area contributed by atoms with Crippen molar-refractivity contribution in [2.75, 3.05) is 5.75 Å². The highest BCUT2D eigenvalue weighted by atomic mass is 35.5. The summed E-state index contributed by atoms with van der Waals surface area (Å²) in [5.41, 5.74) is 2.01. The maximum atomic E-state index is 10.9. The van der Waals surface area contributed by atoms with Crippen molar-refractivity contribution in [2.24, 2.45) is 0 Å². The van der Waals surface area contributed by atoms with Gasteiger partial charge in [-0.1, -0.05) is 41.6 Å². The van der Waals surface area contributed by atoms with Crippen molar-refractivity contribution in [3.63, 3.8) is 0 Å². The first-order valence-electron chi connectivity index (χ1n) is 7.27. The third-order valence-corrected chi connectivity index (χ3v) is 5.43. The lowest BCUT2D eigenvalue weighted by Crippen LogP contribution is -2.90. The number of quaternary nitrogens is 1. The van der Waals surface area contributed by atoms with Crippen molar-refractivity contribution in [1.82, 2.24) is 0 Å². The van der Waals surface area contributed by atoms with Crippen LogP contribution in [-0.4, -0.2) is 17.8 Å². The molecule has 120 valence electrons. The van der Waals surface area contributed by atoms with Crippen molar-refractivity contribution in [3.8, 4) is 5.75 Å². The van der Waals surface area contributed by atoms with Gasteiger partial charge in [-0.05, 0) is 30.3 Å². The third kappa shape index (κ3) is 3.99. The van der Waals surface area contributed by atoms with Crippen molar-refractivity contribution in [3.05, 3.63) is 64.7 Å². The second-order valence-corrected chi connectivity index (χ2v) is 6.90. The standard InChI is InChI=1S/C17H16ClNO3S/c18-14-4-2-1-3-12(14)9-22-13-7-5-11(6-8-13)16-19-15(10-23-16)17(20)21/h1-8,15-16,19H,9-10H2,(H,20,21)/t15-,16+/m1/s1. The Hall–Kier alpha value is -1.69. The SMILES string of the molecule is O=C([O-])[C@H]1CS[C@@H](c2ccc(OCc3ccccc3Cl)cc2)[NH2+]1. The molecule has 0 aromatic heterocycles. The first-order chi connectivity index (χ1) is 11.1. The van der Waals surface area contributed by atoms with Gasteiger partial charge in [0, 0.05) is 16.1 Å². The molecule has 1 aliphatic heterocycles. The number of thioether (sulfide) groups is 1. The molecule has 23 heavy (non-hydrogen) atoms. The molecule has 0 saturated carbocycles. The van der Waals surface area contributed by atoms with Gasteiger partial charge < -0.3 is 20.0 Å². The molecular weight excluding hydrogens is 334 g/mol. The maximum Gasteiger partial charge on any atom is 0.159 e. The van der Waals surface area contributed by atoms with Crippen LogP contribution in [0.25, 0.3) is 0 Å². The molecule has 0 aliphatic carbocycles. The van der Waals surface area contributed by atoms with Crippen molar-refractivity contribution in [2.45, 2.75) is 18.0 Å². The Bertz CT molecular complexity index is 692. The van der Waals surface area contributed by atoms with E-state index in [-0.39, 0.29) is 5.37 Å². The van der Waals surface area contributed by atoms with E-state index < -0.39 is 12.0 Å². The largest absolute Gasteiger partial charge is 0.544 e. The fourth-order valence-corrected chi connectivity index (χ4v) is 3.92. The normalized spacial score (nSPS) is 20.4. The van der Waals surface area contributed by atoms with Gasteiger partial charge in [0.05, 0.1) is 5.75 Å². The summed E-state index contributed by atoms with van der Waals surface area (Å²) in [6.45, 7) is 0.413. The summed E-state index contributed by atoms with van der Waals surface area (Å²) in [5, 5.41) is 13.5. The fraction of sp³-hybridized carbons (Fsp3) is 0.235. The van der Waals surface area contributed by atoms with E-state index in [1.165, 1.54) is 0 Å². The number of ether oxygens (including phenoxy) is 1. The highest BCUT2D eigenvalue weighted by Crippen LogP contribution is 2.28. The molecule has 0 radical (unpaired) electrons. The van der Waals surface area contributed by atoms with Crippen molar-refractivity contribution in [1.29, 1.82) is 0 Å². The van der Waals surface area contributed by atoms with Gasteiger partial charge in [0.25, 0.3) is 0 Å². The minimum atomic E-state index is -1.00. The Balaban J connectivity index is 1.59. The number of hydrogen-bond acceptors (Lipinski definition) is 4. The molecular formula is C17H16ClNO3S. The summed E-state index contributed by atoms with van der Waals surface area (Å²) in [4.78, 5) is 10.9. The van der Waals surface area contributed by atoms with Crippen LogP contribution < -0.4 is 15.2 Å². The molecule has 0 unspecified atom stereocenters. The molecule has 2 aromatic carbocycles. The van der Waals surface area contributed by atoms with Crippen molar-refractivity contribution < 1.29 is 20.0 Å². The number of carbonyl (C=O) groups excluding carboxylic acids is 1. The number of benzene rings is 2. The zero-order valence-electron chi connectivity index (χ0n) is 12.3. The van der Waals surface area contributed by atoms with Gasteiger partial charge in [-0.2, -0.15) is 0 Å². The summed E-state index contributed by atoms with van der Waals surface area (Å²) in [6, 6.07) is 14.8.